The van der Waals surface area contributed by atoms with Crippen molar-refractivity contribution in [3.8, 4) is 0 Å². The average Bonchev–Trinajstić information content (AvgIpc) is 3.46. The van der Waals surface area contributed by atoms with Gasteiger partial charge >= 0.3 is 17.9 Å². The molecule has 0 N–H and O–H groups in total. The van der Waals surface area contributed by atoms with Crippen LogP contribution < -0.4 is 0 Å². The van der Waals surface area contributed by atoms with E-state index in [0.29, 0.717) is 19.3 Å². The number of hydrogen-bond donors (Lipinski definition) is 0. The molecule has 468 valence electrons. The largest absolute Gasteiger partial charge is 0.462 e. The molecule has 1 unspecified atom stereocenters. The molecule has 0 amide bonds. The molecule has 0 saturated heterocycles. The van der Waals surface area contributed by atoms with Crippen molar-refractivity contribution in [2.75, 3.05) is 13.2 Å². The zero-order chi connectivity index (χ0) is 57.8. The van der Waals surface area contributed by atoms with E-state index in [1.165, 1.54) is 263 Å². The summed E-state index contributed by atoms with van der Waals surface area (Å²) in [5.41, 5.74) is 0. The number of carbonyl (C=O) groups is 3. The Balaban J connectivity index is 4.15. The molecular formula is C74H136O6. The van der Waals surface area contributed by atoms with Gasteiger partial charge in [-0.05, 0) is 77.0 Å². The lowest BCUT2D eigenvalue weighted by molar-refractivity contribution is -0.167. The Morgan fingerprint density at radius 2 is 0.487 bits per heavy atom. The molecule has 0 aromatic rings. The highest BCUT2D eigenvalue weighted by Gasteiger charge is 2.19. The van der Waals surface area contributed by atoms with Crippen molar-refractivity contribution < 1.29 is 28.6 Å². The van der Waals surface area contributed by atoms with E-state index in [0.717, 1.165) is 83.5 Å². The van der Waals surface area contributed by atoms with Crippen molar-refractivity contribution >= 4 is 17.9 Å². The first-order chi connectivity index (χ1) is 39.5. The summed E-state index contributed by atoms with van der Waals surface area (Å²) >= 11 is 0. The minimum atomic E-state index is -0.783. The van der Waals surface area contributed by atoms with Crippen LogP contribution in [0.3, 0.4) is 0 Å². The number of esters is 3. The van der Waals surface area contributed by atoms with Crippen LogP contribution in [-0.2, 0) is 28.6 Å². The summed E-state index contributed by atoms with van der Waals surface area (Å²) in [6.07, 6.45) is 87.3. The van der Waals surface area contributed by atoms with Crippen LogP contribution in [0.2, 0.25) is 0 Å². The minimum Gasteiger partial charge on any atom is -0.462 e. The van der Waals surface area contributed by atoms with Gasteiger partial charge in [-0.3, -0.25) is 14.4 Å². The van der Waals surface area contributed by atoms with Crippen LogP contribution in [0.1, 0.15) is 387 Å². The summed E-state index contributed by atoms with van der Waals surface area (Å²) in [5, 5.41) is 0. The van der Waals surface area contributed by atoms with Gasteiger partial charge < -0.3 is 14.2 Å². The van der Waals surface area contributed by atoms with Gasteiger partial charge in [-0.2, -0.15) is 0 Å². The first-order valence-electron chi connectivity index (χ1n) is 35.6. The molecule has 0 spiro atoms. The van der Waals surface area contributed by atoms with Crippen molar-refractivity contribution in [2.24, 2.45) is 0 Å². The Morgan fingerprint density at radius 3 is 0.787 bits per heavy atom. The van der Waals surface area contributed by atoms with Crippen LogP contribution in [0, 0.1) is 0 Å². The van der Waals surface area contributed by atoms with Crippen LogP contribution in [0.25, 0.3) is 0 Å². The molecule has 6 heteroatoms. The van der Waals surface area contributed by atoms with Gasteiger partial charge in [-0.15, -0.1) is 0 Å². The van der Waals surface area contributed by atoms with Gasteiger partial charge in [0.1, 0.15) is 13.2 Å². The molecule has 0 saturated carbocycles. The highest BCUT2D eigenvalue weighted by atomic mass is 16.6. The first-order valence-corrected chi connectivity index (χ1v) is 35.6. The molecule has 0 aliphatic rings. The molecule has 80 heavy (non-hydrogen) atoms. The number of unbranched alkanes of at least 4 members (excludes halogenated alkanes) is 47. The van der Waals surface area contributed by atoms with E-state index in [2.05, 4.69) is 69.4 Å². The summed E-state index contributed by atoms with van der Waals surface area (Å²) in [4.78, 5) is 38.4. The third-order valence-electron chi connectivity index (χ3n) is 16.1. The van der Waals surface area contributed by atoms with Crippen LogP contribution in [-0.4, -0.2) is 37.2 Å². The van der Waals surface area contributed by atoms with Gasteiger partial charge in [0.25, 0.3) is 0 Å². The summed E-state index contributed by atoms with van der Waals surface area (Å²) in [6, 6.07) is 0. The van der Waals surface area contributed by atoms with E-state index in [-0.39, 0.29) is 31.1 Å². The van der Waals surface area contributed by atoms with Gasteiger partial charge in [-0.1, -0.05) is 339 Å². The van der Waals surface area contributed by atoms with Crippen LogP contribution >= 0.6 is 0 Å². The Kier molecular flexibility index (Phi) is 66.6. The second-order valence-electron chi connectivity index (χ2n) is 24.1. The lowest BCUT2D eigenvalue weighted by Gasteiger charge is -2.18. The fourth-order valence-electron chi connectivity index (χ4n) is 10.8. The van der Waals surface area contributed by atoms with Crippen LogP contribution in [0.5, 0.6) is 0 Å². The molecule has 6 nitrogen and oxygen atoms in total. The summed E-state index contributed by atoms with van der Waals surface area (Å²) in [5.74, 6) is -0.882. The Hall–Kier alpha value is -2.63. The fourth-order valence-corrected chi connectivity index (χ4v) is 10.8. The standard InChI is InChI=1S/C74H136O6/c1-4-7-10-13-16-19-22-25-27-29-31-32-33-34-35-36-37-38-39-40-41-42-43-45-46-49-52-55-58-61-64-67-73(76)79-70-71(69-78-72(75)66-63-60-57-54-51-48-24-21-18-15-12-9-6-3)80-74(77)68-65-62-59-56-53-50-47-44-30-28-26-23-20-17-14-11-8-5-2/h9,12,18,21,29,31,48,51,71H,4-8,10-11,13-17,19-20,22-28,30,32-47,49-50,52-70H2,1-3H3/b12-9-,21-18-,31-29-,51-48-. The summed E-state index contributed by atoms with van der Waals surface area (Å²) in [6.45, 7) is 6.57. The zero-order valence-electron chi connectivity index (χ0n) is 53.9. The normalized spacial score (nSPS) is 12.3. The molecule has 0 bridgehead atoms. The lowest BCUT2D eigenvalue weighted by Crippen LogP contribution is -2.30. The second kappa shape index (κ2) is 68.9. The van der Waals surface area contributed by atoms with Gasteiger partial charge in [0.2, 0.25) is 0 Å². The molecule has 1 atom stereocenters. The molecule has 0 rings (SSSR count). The van der Waals surface area contributed by atoms with Gasteiger partial charge in [0.15, 0.2) is 6.10 Å². The molecule has 0 aliphatic carbocycles. The third kappa shape index (κ3) is 66.2. The fraction of sp³-hybridized carbons (Fsp3) is 0.851. The molecule has 0 fully saturated rings. The number of ether oxygens (including phenoxy) is 3. The second-order valence-corrected chi connectivity index (χ2v) is 24.1. The quantitative estimate of drug-likeness (QED) is 0.0261. The SMILES string of the molecule is CC/C=C\C/C=C\C/C=C\CCCCCC(=O)OCC(COC(=O)CCCCCCCCCCCCCCCCCCCCC/C=C\CCCCCCCCCC)OC(=O)CCCCCCCCCCCCCCCCCCCC. The monoisotopic (exact) mass is 1120 g/mol. The predicted octanol–water partition coefficient (Wildman–Crippen LogP) is 24.5. The van der Waals surface area contributed by atoms with E-state index in [9.17, 15) is 14.4 Å². The maximum Gasteiger partial charge on any atom is 0.306 e. The van der Waals surface area contributed by atoms with E-state index in [4.69, 9.17) is 14.2 Å². The van der Waals surface area contributed by atoms with E-state index < -0.39 is 6.10 Å². The van der Waals surface area contributed by atoms with Crippen LogP contribution in [0.4, 0.5) is 0 Å². The van der Waals surface area contributed by atoms with E-state index >= 15 is 0 Å². The maximum atomic E-state index is 12.9. The van der Waals surface area contributed by atoms with Gasteiger partial charge in [0, 0.05) is 19.3 Å². The van der Waals surface area contributed by atoms with Crippen molar-refractivity contribution in [1.29, 1.82) is 0 Å². The summed E-state index contributed by atoms with van der Waals surface area (Å²) in [7, 11) is 0. The van der Waals surface area contributed by atoms with Crippen molar-refractivity contribution in [2.45, 2.75) is 393 Å². The first kappa shape index (κ1) is 77.4. The Morgan fingerprint density at radius 1 is 0.263 bits per heavy atom. The highest BCUT2D eigenvalue weighted by Crippen LogP contribution is 2.19. The highest BCUT2D eigenvalue weighted by molar-refractivity contribution is 5.71. The maximum absolute atomic E-state index is 12.9. The van der Waals surface area contributed by atoms with Gasteiger partial charge in [-0.25, -0.2) is 0 Å². The number of rotatable bonds is 66. The molecular weight excluding hydrogens is 985 g/mol. The Bertz CT molecular complexity index is 1380. The molecule has 0 aliphatic heterocycles. The van der Waals surface area contributed by atoms with Crippen molar-refractivity contribution in [1.82, 2.24) is 0 Å². The van der Waals surface area contributed by atoms with E-state index in [1.54, 1.807) is 0 Å². The smallest absolute Gasteiger partial charge is 0.306 e. The molecule has 0 aromatic heterocycles. The topological polar surface area (TPSA) is 78.9 Å². The third-order valence-corrected chi connectivity index (χ3v) is 16.1. The van der Waals surface area contributed by atoms with Crippen LogP contribution in [0.15, 0.2) is 48.6 Å². The summed E-state index contributed by atoms with van der Waals surface area (Å²) < 4.78 is 16.9. The molecule has 0 heterocycles. The number of hydrogen-bond acceptors (Lipinski definition) is 6. The van der Waals surface area contributed by atoms with Gasteiger partial charge in [0.05, 0.1) is 0 Å². The lowest BCUT2D eigenvalue weighted by atomic mass is 10.0. The average molecular weight is 1120 g/mol. The predicted molar refractivity (Wildman–Crippen MR) is 349 cm³/mol. The molecule has 0 aromatic carbocycles. The number of allylic oxidation sites excluding steroid dienone is 8. The number of carbonyl (C=O) groups excluding carboxylic acids is 3. The minimum absolute atomic E-state index is 0.0774. The zero-order valence-corrected chi connectivity index (χ0v) is 53.9. The molecule has 0 radical (unpaired) electrons. The van der Waals surface area contributed by atoms with E-state index in [1.807, 2.05) is 0 Å². The Labute approximate surface area is 498 Å². The van der Waals surface area contributed by atoms with Crippen molar-refractivity contribution in [3.63, 3.8) is 0 Å². The van der Waals surface area contributed by atoms with Crippen molar-refractivity contribution in [3.05, 3.63) is 48.6 Å².